The number of halogens is 3. The standard InChI is InChI=1S/C13H9BrF2O/c1-17-9-3-5-12(14)11(7-9)10-4-2-8(15)6-13(10)16/h2-7H,1H3. The van der Waals surface area contributed by atoms with Crippen LogP contribution < -0.4 is 4.74 Å². The topological polar surface area (TPSA) is 9.23 Å². The molecule has 0 saturated carbocycles. The molecule has 0 heterocycles. The maximum absolute atomic E-state index is 13.7. The molecule has 0 fully saturated rings. The van der Waals surface area contributed by atoms with Crippen molar-refractivity contribution in [3.05, 3.63) is 52.5 Å². The monoisotopic (exact) mass is 298 g/mol. The molecule has 0 aromatic heterocycles. The van der Waals surface area contributed by atoms with E-state index in [4.69, 9.17) is 4.74 Å². The molecule has 2 rings (SSSR count). The molecule has 4 heteroatoms. The van der Waals surface area contributed by atoms with Crippen LogP contribution in [0.15, 0.2) is 40.9 Å². The number of benzene rings is 2. The van der Waals surface area contributed by atoms with Crippen molar-refractivity contribution in [1.29, 1.82) is 0 Å². The van der Waals surface area contributed by atoms with E-state index >= 15 is 0 Å². The van der Waals surface area contributed by atoms with Crippen LogP contribution in [-0.4, -0.2) is 7.11 Å². The summed E-state index contributed by atoms with van der Waals surface area (Å²) in [5.74, 6) is -0.573. The highest BCUT2D eigenvalue weighted by Gasteiger charge is 2.10. The molecule has 0 N–H and O–H groups in total. The van der Waals surface area contributed by atoms with Gasteiger partial charge in [-0.2, -0.15) is 0 Å². The third-order valence-corrected chi connectivity index (χ3v) is 3.09. The first kappa shape index (κ1) is 12.0. The zero-order valence-corrected chi connectivity index (χ0v) is 10.6. The molecule has 0 radical (unpaired) electrons. The van der Waals surface area contributed by atoms with Crippen LogP contribution in [-0.2, 0) is 0 Å². The highest BCUT2D eigenvalue weighted by Crippen LogP contribution is 2.33. The van der Waals surface area contributed by atoms with E-state index in [2.05, 4.69) is 15.9 Å². The predicted molar refractivity (Wildman–Crippen MR) is 66.0 cm³/mol. The Hall–Kier alpha value is -1.42. The largest absolute Gasteiger partial charge is 0.497 e. The van der Waals surface area contributed by atoms with Gasteiger partial charge >= 0.3 is 0 Å². The van der Waals surface area contributed by atoms with Gasteiger partial charge in [-0.1, -0.05) is 15.9 Å². The van der Waals surface area contributed by atoms with Crippen molar-refractivity contribution in [2.45, 2.75) is 0 Å². The molecule has 0 bridgehead atoms. The Morgan fingerprint density at radius 1 is 1.00 bits per heavy atom. The van der Waals surface area contributed by atoms with E-state index in [1.807, 2.05) is 0 Å². The summed E-state index contributed by atoms with van der Waals surface area (Å²) < 4.78 is 32.3. The lowest BCUT2D eigenvalue weighted by molar-refractivity contribution is 0.415. The zero-order valence-electron chi connectivity index (χ0n) is 9.01. The second kappa shape index (κ2) is 4.84. The molecule has 0 unspecified atom stereocenters. The van der Waals surface area contributed by atoms with Gasteiger partial charge in [0.1, 0.15) is 17.4 Å². The van der Waals surface area contributed by atoms with Gasteiger partial charge in [-0.05, 0) is 30.3 Å². The molecule has 2 aromatic rings. The molecule has 1 nitrogen and oxygen atoms in total. The minimum atomic E-state index is -0.598. The Labute approximate surface area is 106 Å². The highest BCUT2D eigenvalue weighted by molar-refractivity contribution is 9.10. The van der Waals surface area contributed by atoms with Gasteiger partial charge in [-0.3, -0.25) is 0 Å². The first-order valence-corrected chi connectivity index (χ1v) is 5.70. The smallest absolute Gasteiger partial charge is 0.133 e. The molecule has 0 aliphatic rings. The molecule has 0 aliphatic carbocycles. The van der Waals surface area contributed by atoms with E-state index in [1.54, 1.807) is 18.2 Å². The molecule has 0 amide bonds. The van der Waals surface area contributed by atoms with Crippen LogP contribution in [0.1, 0.15) is 0 Å². The Bertz CT molecular complexity index is 555. The van der Waals surface area contributed by atoms with E-state index in [-0.39, 0.29) is 0 Å². The number of hydrogen-bond donors (Lipinski definition) is 0. The number of hydrogen-bond acceptors (Lipinski definition) is 1. The second-order valence-corrected chi connectivity index (χ2v) is 4.32. The SMILES string of the molecule is COc1ccc(Br)c(-c2ccc(F)cc2F)c1. The minimum Gasteiger partial charge on any atom is -0.497 e. The lowest BCUT2D eigenvalue weighted by Crippen LogP contribution is -1.89. The van der Waals surface area contributed by atoms with Crippen LogP contribution >= 0.6 is 15.9 Å². The zero-order chi connectivity index (χ0) is 12.4. The van der Waals surface area contributed by atoms with E-state index in [9.17, 15) is 8.78 Å². The van der Waals surface area contributed by atoms with Crippen LogP contribution in [0.25, 0.3) is 11.1 Å². The first-order valence-electron chi connectivity index (χ1n) is 4.91. The quantitative estimate of drug-likeness (QED) is 0.798. The van der Waals surface area contributed by atoms with Crippen molar-refractivity contribution >= 4 is 15.9 Å². The van der Waals surface area contributed by atoms with Gasteiger partial charge in [0, 0.05) is 21.7 Å². The normalized spacial score (nSPS) is 10.4. The van der Waals surface area contributed by atoms with Gasteiger partial charge < -0.3 is 4.74 Å². The lowest BCUT2D eigenvalue weighted by atomic mass is 10.0. The summed E-state index contributed by atoms with van der Waals surface area (Å²) in [6.45, 7) is 0. The average molecular weight is 299 g/mol. The summed E-state index contributed by atoms with van der Waals surface area (Å²) in [7, 11) is 1.54. The molecule has 17 heavy (non-hydrogen) atoms. The summed E-state index contributed by atoms with van der Waals surface area (Å²) in [5, 5.41) is 0. The van der Waals surface area contributed by atoms with Crippen LogP contribution in [0, 0.1) is 11.6 Å². The van der Waals surface area contributed by atoms with E-state index in [0.717, 1.165) is 10.5 Å². The summed E-state index contributed by atoms with van der Waals surface area (Å²) in [4.78, 5) is 0. The average Bonchev–Trinajstić information content (AvgIpc) is 2.30. The van der Waals surface area contributed by atoms with Crippen LogP contribution in [0.3, 0.4) is 0 Å². The van der Waals surface area contributed by atoms with Gasteiger partial charge in [-0.25, -0.2) is 8.78 Å². The first-order chi connectivity index (χ1) is 8.11. The van der Waals surface area contributed by atoms with Crippen molar-refractivity contribution in [1.82, 2.24) is 0 Å². The predicted octanol–water partition coefficient (Wildman–Crippen LogP) is 4.40. The van der Waals surface area contributed by atoms with E-state index < -0.39 is 11.6 Å². The van der Waals surface area contributed by atoms with Crippen molar-refractivity contribution in [2.75, 3.05) is 7.11 Å². The van der Waals surface area contributed by atoms with Crippen molar-refractivity contribution in [3.63, 3.8) is 0 Å². The molecule has 0 saturated heterocycles. The van der Waals surface area contributed by atoms with Crippen molar-refractivity contribution in [3.8, 4) is 16.9 Å². The Balaban J connectivity index is 2.59. The van der Waals surface area contributed by atoms with Crippen LogP contribution in [0.4, 0.5) is 8.78 Å². The molecule has 88 valence electrons. The van der Waals surface area contributed by atoms with Crippen LogP contribution in [0.2, 0.25) is 0 Å². The maximum Gasteiger partial charge on any atom is 0.133 e. The van der Waals surface area contributed by atoms with Crippen LogP contribution in [0.5, 0.6) is 5.75 Å². The maximum atomic E-state index is 13.7. The van der Waals surface area contributed by atoms with Gasteiger partial charge in [0.2, 0.25) is 0 Å². The molecule has 0 aliphatic heterocycles. The summed E-state index contributed by atoms with van der Waals surface area (Å²) >= 11 is 3.33. The lowest BCUT2D eigenvalue weighted by Gasteiger charge is -2.08. The molecule has 0 atom stereocenters. The minimum absolute atomic E-state index is 0.331. The molecular weight excluding hydrogens is 290 g/mol. The number of methoxy groups -OCH3 is 1. The summed E-state index contributed by atoms with van der Waals surface area (Å²) in [6, 6.07) is 8.71. The Kier molecular flexibility index (Phi) is 3.43. The van der Waals surface area contributed by atoms with Gasteiger partial charge in [0.15, 0.2) is 0 Å². The number of ether oxygens (including phenoxy) is 1. The van der Waals surface area contributed by atoms with Gasteiger partial charge in [0.05, 0.1) is 7.11 Å². The molecule has 2 aromatic carbocycles. The molecular formula is C13H9BrF2O. The Morgan fingerprint density at radius 2 is 1.76 bits per heavy atom. The second-order valence-electron chi connectivity index (χ2n) is 3.47. The van der Waals surface area contributed by atoms with E-state index in [0.29, 0.717) is 16.9 Å². The van der Waals surface area contributed by atoms with Gasteiger partial charge in [0.25, 0.3) is 0 Å². The molecule has 0 spiro atoms. The fourth-order valence-electron chi connectivity index (χ4n) is 1.55. The summed E-state index contributed by atoms with van der Waals surface area (Å²) in [6.07, 6.45) is 0. The summed E-state index contributed by atoms with van der Waals surface area (Å²) in [5.41, 5.74) is 0.957. The van der Waals surface area contributed by atoms with E-state index in [1.165, 1.54) is 19.2 Å². The third-order valence-electron chi connectivity index (χ3n) is 2.39. The van der Waals surface area contributed by atoms with Crippen molar-refractivity contribution < 1.29 is 13.5 Å². The highest BCUT2D eigenvalue weighted by atomic mass is 79.9. The third kappa shape index (κ3) is 2.47. The van der Waals surface area contributed by atoms with Gasteiger partial charge in [-0.15, -0.1) is 0 Å². The Morgan fingerprint density at radius 3 is 2.41 bits per heavy atom. The fourth-order valence-corrected chi connectivity index (χ4v) is 2.01. The number of rotatable bonds is 2. The fraction of sp³-hybridized carbons (Fsp3) is 0.0769. The van der Waals surface area contributed by atoms with Crippen molar-refractivity contribution in [2.24, 2.45) is 0 Å².